The predicted molar refractivity (Wildman–Crippen MR) is 124 cm³/mol. The van der Waals surface area contributed by atoms with Crippen LogP contribution in [0.3, 0.4) is 0 Å². The van der Waals surface area contributed by atoms with Crippen LogP contribution in [0, 0.1) is 6.92 Å². The highest BCUT2D eigenvalue weighted by Gasteiger charge is 2.39. The fourth-order valence-electron chi connectivity index (χ4n) is 3.94. The van der Waals surface area contributed by atoms with Gasteiger partial charge in [-0.05, 0) is 34.0 Å². The number of fused-ring (bicyclic) bond motifs is 1. The van der Waals surface area contributed by atoms with E-state index in [9.17, 15) is 9.59 Å². The fourth-order valence-corrected chi connectivity index (χ4v) is 3.94. The average molecular weight is 458 g/mol. The lowest BCUT2D eigenvalue weighted by Gasteiger charge is -2.30. The van der Waals surface area contributed by atoms with Crippen molar-refractivity contribution in [2.45, 2.75) is 26.3 Å². The molecule has 1 aliphatic heterocycles. The second-order valence-corrected chi connectivity index (χ2v) is 7.97. The summed E-state index contributed by atoms with van der Waals surface area (Å²) in [6, 6.07) is 6.96. The fraction of sp³-hybridized carbons (Fsp3) is 0.417. The monoisotopic (exact) mass is 457 g/mol. The molecule has 2 heterocycles. The molecule has 1 aromatic heterocycles. The maximum Gasteiger partial charge on any atom is 0.340 e. The van der Waals surface area contributed by atoms with Gasteiger partial charge in [0.25, 0.3) is 5.56 Å². The summed E-state index contributed by atoms with van der Waals surface area (Å²) >= 11 is 0. The highest BCUT2D eigenvalue weighted by atomic mass is 16.5. The first-order valence-corrected chi connectivity index (χ1v) is 10.7. The Kier molecular flexibility index (Phi) is 7.33. The lowest BCUT2D eigenvalue weighted by molar-refractivity contribution is -0.139. The van der Waals surface area contributed by atoms with E-state index in [1.54, 1.807) is 42.9 Å². The van der Waals surface area contributed by atoms with E-state index in [1.807, 2.05) is 25.9 Å². The standard InChI is InChI=1S/C24H31N3O6/c1-7-32-24(29)21-19(16-9-8-15(30-5)13-17(16)31-6)20-18(33-22(21)25)12-14(2)27(23(20)28)11-10-26(3)4/h8-9,12-13,19H,7,10-11,25H2,1-6H3. The third-order valence-electron chi connectivity index (χ3n) is 5.59. The van der Waals surface area contributed by atoms with Crippen molar-refractivity contribution in [3.05, 3.63) is 62.9 Å². The van der Waals surface area contributed by atoms with Crippen LogP contribution >= 0.6 is 0 Å². The topological polar surface area (TPSA) is 105 Å². The van der Waals surface area contributed by atoms with Gasteiger partial charge in [0.2, 0.25) is 5.88 Å². The summed E-state index contributed by atoms with van der Waals surface area (Å²) in [5.74, 6) is -0.261. The molecular formula is C24H31N3O6. The maximum absolute atomic E-state index is 13.8. The van der Waals surface area contributed by atoms with Gasteiger partial charge in [0.05, 0.1) is 32.3 Å². The number of carbonyl (C=O) groups excluding carboxylic acids is 1. The quantitative estimate of drug-likeness (QED) is 0.600. The molecule has 1 atom stereocenters. The Labute approximate surface area is 193 Å². The van der Waals surface area contributed by atoms with Crippen LogP contribution < -0.4 is 25.5 Å². The van der Waals surface area contributed by atoms with Gasteiger partial charge in [-0.25, -0.2) is 4.79 Å². The number of aromatic nitrogens is 1. The van der Waals surface area contributed by atoms with Crippen LogP contribution in [-0.4, -0.2) is 56.9 Å². The molecule has 9 heteroatoms. The highest BCUT2D eigenvalue weighted by molar-refractivity contribution is 5.93. The van der Waals surface area contributed by atoms with Crippen molar-refractivity contribution in [1.29, 1.82) is 0 Å². The number of esters is 1. The minimum Gasteiger partial charge on any atom is -0.497 e. The normalized spacial score (nSPS) is 15.2. The zero-order valence-electron chi connectivity index (χ0n) is 19.9. The summed E-state index contributed by atoms with van der Waals surface area (Å²) in [6.07, 6.45) is 0. The van der Waals surface area contributed by atoms with Crippen LogP contribution in [0.15, 0.2) is 40.5 Å². The lowest BCUT2D eigenvalue weighted by atomic mass is 9.82. The number of benzene rings is 1. The Morgan fingerprint density at radius 3 is 2.55 bits per heavy atom. The number of aryl methyl sites for hydroxylation is 1. The summed E-state index contributed by atoms with van der Waals surface area (Å²) in [6.45, 7) is 4.83. The van der Waals surface area contributed by atoms with Gasteiger partial charge in [0.15, 0.2) is 0 Å². The van der Waals surface area contributed by atoms with E-state index in [1.165, 1.54) is 7.11 Å². The zero-order chi connectivity index (χ0) is 24.3. The number of nitrogens with two attached hydrogens (primary N) is 1. The minimum absolute atomic E-state index is 0.0629. The first-order valence-electron chi connectivity index (χ1n) is 10.7. The zero-order valence-corrected chi connectivity index (χ0v) is 19.9. The molecule has 0 aliphatic carbocycles. The Hall–Kier alpha value is -3.46. The molecule has 1 aliphatic rings. The van der Waals surface area contributed by atoms with Gasteiger partial charge in [0, 0.05) is 36.5 Å². The molecular weight excluding hydrogens is 426 g/mol. The smallest absolute Gasteiger partial charge is 0.340 e. The number of rotatable bonds is 8. The van der Waals surface area contributed by atoms with E-state index in [-0.39, 0.29) is 23.6 Å². The van der Waals surface area contributed by atoms with Gasteiger partial charge < -0.3 is 34.1 Å². The number of pyridine rings is 1. The van der Waals surface area contributed by atoms with E-state index >= 15 is 0 Å². The van der Waals surface area contributed by atoms with Crippen LogP contribution in [0.1, 0.15) is 29.7 Å². The van der Waals surface area contributed by atoms with Crippen LogP contribution in [0.25, 0.3) is 0 Å². The molecule has 178 valence electrons. The molecule has 0 saturated heterocycles. The van der Waals surface area contributed by atoms with Gasteiger partial charge in [-0.1, -0.05) is 6.07 Å². The second kappa shape index (κ2) is 9.99. The van der Waals surface area contributed by atoms with Crippen molar-refractivity contribution in [2.24, 2.45) is 5.73 Å². The number of hydrogen-bond acceptors (Lipinski definition) is 8. The number of nitrogens with zero attached hydrogens (tertiary/aromatic N) is 2. The molecule has 9 nitrogen and oxygen atoms in total. The molecule has 0 bridgehead atoms. The number of carbonyl (C=O) groups is 1. The molecule has 0 amide bonds. The molecule has 2 N–H and O–H groups in total. The molecule has 1 aromatic carbocycles. The van der Waals surface area contributed by atoms with E-state index < -0.39 is 11.9 Å². The summed E-state index contributed by atoms with van der Waals surface area (Å²) < 4.78 is 23.7. The Morgan fingerprint density at radius 1 is 1.21 bits per heavy atom. The molecule has 0 fully saturated rings. The molecule has 33 heavy (non-hydrogen) atoms. The molecule has 1 unspecified atom stereocenters. The molecule has 0 radical (unpaired) electrons. The average Bonchev–Trinajstić information content (AvgIpc) is 2.77. The van der Waals surface area contributed by atoms with Crippen molar-refractivity contribution < 1.29 is 23.7 Å². The van der Waals surface area contributed by atoms with E-state index in [2.05, 4.69) is 0 Å². The van der Waals surface area contributed by atoms with Crippen LogP contribution in [0.4, 0.5) is 0 Å². The van der Waals surface area contributed by atoms with Crippen molar-refractivity contribution in [3.63, 3.8) is 0 Å². The SMILES string of the molecule is CCOC(=O)C1=C(N)Oc2cc(C)n(CCN(C)C)c(=O)c2C1c1ccc(OC)cc1OC. The first-order chi connectivity index (χ1) is 15.7. The Morgan fingerprint density at radius 2 is 1.94 bits per heavy atom. The first kappa shape index (κ1) is 24.2. The molecule has 0 saturated carbocycles. The van der Waals surface area contributed by atoms with Gasteiger partial charge >= 0.3 is 5.97 Å². The highest BCUT2D eigenvalue weighted by Crippen LogP contribution is 2.45. The van der Waals surface area contributed by atoms with Gasteiger partial charge in [-0.15, -0.1) is 0 Å². The Balaban J connectivity index is 2.31. The maximum atomic E-state index is 13.8. The molecule has 0 spiro atoms. The van der Waals surface area contributed by atoms with E-state index in [4.69, 9.17) is 24.7 Å². The Bertz CT molecular complexity index is 1140. The second-order valence-electron chi connectivity index (χ2n) is 7.97. The lowest BCUT2D eigenvalue weighted by Crippen LogP contribution is -2.36. The number of ether oxygens (including phenoxy) is 4. The van der Waals surface area contributed by atoms with Gasteiger partial charge in [-0.3, -0.25) is 4.79 Å². The summed E-state index contributed by atoms with van der Waals surface area (Å²) in [5.41, 5.74) is 7.63. The molecule has 2 aromatic rings. The third-order valence-corrected chi connectivity index (χ3v) is 5.59. The summed E-state index contributed by atoms with van der Waals surface area (Å²) in [4.78, 5) is 28.7. The van der Waals surface area contributed by atoms with Crippen molar-refractivity contribution in [2.75, 3.05) is 41.5 Å². The van der Waals surface area contributed by atoms with Crippen molar-refractivity contribution in [3.8, 4) is 17.2 Å². The van der Waals surface area contributed by atoms with Gasteiger partial charge in [-0.2, -0.15) is 0 Å². The summed E-state index contributed by atoms with van der Waals surface area (Å²) in [7, 11) is 6.94. The predicted octanol–water partition coefficient (Wildman–Crippen LogP) is 1.99. The molecule has 3 rings (SSSR count). The van der Waals surface area contributed by atoms with Crippen LogP contribution in [0.5, 0.6) is 17.2 Å². The largest absolute Gasteiger partial charge is 0.497 e. The van der Waals surface area contributed by atoms with Crippen LogP contribution in [-0.2, 0) is 16.1 Å². The minimum atomic E-state index is -0.840. The van der Waals surface area contributed by atoms with E-state index in [0.29, 0.717) is 41.5 Å². The number of methoxy groups -OCH3 is 2. The summed E-state index contributed by atoms with van der Waals surface area (Å²) in [5, 5.41) is 0. The van der Waals surface area contributed by atoms with Crippen molar-refractivity contribution >= 4 is 5.97 Å². The van der Waals surface area contributed by atoms with E-state index in [0.717, 1.165) is 5.69 Å². The number of hydrogen-bond donors (Lipinski definition) is 1. The van der Waals surface area contributed by atoms with Crippen LogP contribution in [0.2, 0.25) is 0 Å². The third kappa shape index (κ3) is 4.68. The van der Waals surface area contributed by atoms with Crippen molar-refractivity contribution in [1.82, 2.24) is 9.47 Å². The number of likely N-dealkylation sites (N-methyl/N-ethyl adjacent to an activating group) is 1. The van der Waals surface area contributed by atoms with Gasteiger partial charge in [0.1, 0.15) is 22.8 Å².